The Balaban J connectivity index is 2.05. The van der Waals surface area contributed by atoms with Gasteiger partial charge in [0.05, 0.1) is 23.0 Å². The van der Waals surface area contributed by atoms with Gasteiger partial charge in [0.15, 0.2) is 5.79 Å². The van der Waals surface area contributed by atoms with Gasteiger partial charge < -0.3 is 24.1 Å². The highest BCUT2D eigenvalue weighted by Gasteiger charge is 2.52. The van der Waals surface area contributed by atoms with Crippen LogP contribution >= 0.6 is 0 Å². The van der Waals surface area contributed by atoms with Crippen molar-refractivity contribution in [3.05, 3.63) is 23.0 Å². The summed E-state index contributed by atoms with van der Waals surface area (Å²) in [5.74, 6) is -3.64. The molecule has 0 aromatic carbocycles. The molecule has 2 bridgehead atoms. The lowest BCUT2D eigenvalue weighted by Gasteiger charge is -2.33. The van der Waals surface area contributed by atoms with Gasteiger partial charge in [0.25, 0.3) is 0 Å². The zero-order chi connectivity index (χ0) is 24.6. The number of esters is 3. The van der Waals surface area contributed by atoms with Crippen molar-refractivity contribution in [3.8, 4) is 0 Å². The number of hydrogen-bond acceptors (Lipinski definition) is 8. The number of carbonyl (C=O) groups excluding carboxylic acids is 3. The molecule has 8 nitrogen and oxygen atoms in total. The molecular formula is C25H36O8. The van der Waals surface area contributed by atoms with E-state index < -0.39 is 41.3 Å². The molecule has 6 atom stereocenters. The molecule has 33 heavy (non-hydrogen) atoms. The van der Waals surface area contributed by atoms with Gasteiger partial charge in [0.2, 0.25) is 0 Å². The molecule has 0 amide bonds. The van der Waals surface area contributed by atoms with E-state index in [-0.39, 0.29) is 36.2 Å². The fourth-order valence-electron chi connectivity index (χ4n) is 4.34. The summed E-state index contributed by atoms with van der Waals surface area (Å²) >= 11 is 0. The zero-order valence-electron chi connectivity index (χ0n) is 20.4. The molecule has 184 valence electrons. The number of carbonyl (C=O) groups is 3. The van der Waals surface area contributed by atoms with Crippen molar-refractivity contribution in [2.24, 2.45) is 17.8 Å². The third kappa shape index (κ3) is 5.17. The van der Waals surface area contributed by atoms with E-state index in [1.165, 1.54) is 0 Å². The Morgan fingerprint density at radius 1 is 1.18 bits per heavy atom. The van der Waals surface area contributed by atoms with Crippen LogP contribution in [0.2, 0.25) is 0 Å². The summed E-state index contributed by atoms with van der Waals surface area (Å²) in [7, 11) is 0. The SMILES string of the molecule is CCC(C)C(=O)OCC1=C2/C(=C\[C@@]3(C)CC[C@](O)(O3)[C@H](C)CC2OC(=O)C(C)CC)OC1=O. The molecule has 3 unspecified atom stereocenters. The van der Waals surface area contributed by atoms with Crippen LogP contribution in [0.5, 0.6) is 0 Å². The van der Waals surface area contributed by atoms with Crippen molar-refractivity contribution in [2.75, 3.05) is 6.61 Å². The number of ether oxygens (including phenoxy) is 4. The fourth-order valence-corrected chi connectivity index (χ4v) is 4.34. The Bertz CT molecular complexity index is 874. The third-order valence-electron chi connectivity index (χ3n) is 7.17. The highest BCUT2D eigenvalue weighted by molar-refractivity contribution is 5.95. The summed E-state index contributed by atoms with van der Waals surface area (Å²) in [4.78, 5) is 37.8. The first-order valence-electron chi connectivity index (χ1n) is 11.9. The summed E-state index contributed by atoms with van der Waals surface area (Å²) < 4.78 is 22.9. The van der Waals surface area contributed by atoms with Crippen molar-refractivity contribution in [2.45, 2.75) is 91.1 Å². The quantitative estimate of drug-likeness (QED) is 0.450. The second-order valence-corrected chi connectivity index (χ2v) is 9.84. The standard InChI is InChI=1S/C25H36O8/c1-7-14(3)21(26)30-13-17-20-18(31-22(27)15(4)8-2)11-16(5)25(29)10-9-24(6,33-25)12-19(20)32-23(17)28/h12,14-16,18,29H,7-11,13H2,1-6H3/b19-12+/t14?,15?,16-,18?,24-,25+/m1/s1. The molecule has 3 aliphatic rings. The summed E-state index contributed by atoms with van der Waals surface area (Å²) in [6.07, 6.45) is 3.20. The number of rotatable bonds is 7. The molecule has 3 heterocycles. The predicted octanol–water partition coefficient (Wildman–Crippen LogP) is 3.57. The zero-order valence-corrected chi connectivity index (χ0v) is 20.4. The summed E-state index contributed by atoms with van der Waals surface area (Å²) in [6.45, 7) is 10.7. The number of fused-ring (bicyclic) bond motifs is 3. The Hall–Kier alpha value is -2.19. The van der Waals surface area contributed by atoms with Crippen molar-refractivity contribution >= 4 is 17.9 Å². The first kappa shape index (κ1) is 25.4. The van der Waals surface area contributed by atoms with E-state index >= 15 is 0 Å². The highest BCUT2D eigenvalue weighted by atomic mass is 16.6. The van der Waals surface area contributed by atoms with Gasteiger partial charge in [-0.3, -0.25) is 9.59 Å². The molecular weight excluding hydrogens is 428 g/mol. The van der Waals surface area contributed by atoms with Crippen molar-refractivity contribution in [1.29, 1.82) is 0 Å². The molecule has 0 radical (unpaired) electrons. The Morgan fingerprint density at radius 2 is 1.82 bits per heavy atom. The van der Waals surface area contributed by atoms with E-state index in [1.54, 1.807) is 19.9 Å². The lowest BCUT2D eigenvalue weighted by molar-refractivity contribution is -0.239. The summed E-state index contributed by atoms with van der Waals surface area (Å²) in [5.41, 5.74) is -0.315. The van der Waals surface area contributed by atoms with E-state index in [2.05, 4.69) is 0 Å². The minimum Gasteiger partial charge on any atom is -0.460 e. The molecule has 8 heteroatoms. The monoisotopic (exact) mass is 464 g/mol. The van der Waals surface area contributed by atoms with Gasteiger partial charge in [-0.05, 0) is 38.7 Å². The molecule has 1 fully saturated rings. The first-order valence-corrected chi connectivity index (χ1v) is 11.9. The molecule has 0 aromatic rings. The van der Waals surface area contributed by atoms with E-state index in [4.69, 9.17) is 18.9 Å². The second-order valence-electron chi connectivity index (χ2n) is 9.84. The van der Waals surface area contributed by atoms with E-state index in [0.717, 1.165) is 0 Å². The van der Waals surface area contributed by atoms with Gasteiger partial charge in [-0.1, -0.05) is 34.6 Å². The highest BCUT2D eigenvalue weighted by Crippen LogP contribution is 2.47. The van der Waals surface area contributed by atoms with Crippen LogP contribution in [0.1, 0.15) is 73.6 Å². The van der Waals surface area contributed by atoms with Gasteiger partial charge >= 0.3 is 17.9 Å². The molecule has 0 saturated carbocycles. The average Bonchev–Trinajstić information content (AvgIpc) is 3.25. The van der Waals surface area contributed by atoms with Crippen LogP contribution in [0.3, 0.4) is 0 Å². The predicted molar refractivity (Wildman–Crippen MR) is 118 cm³/mol. The lowest BCUT2D eigenvalue weighted by atomic mass is 9.85. The topological polar surface area (TPSA) is 108 Å². The van der Waals surface area contributed by atoms with Crippen LogP contribution in [0.4, 0.5) is 0 Å². The van der Waals surface area contributed by atoms with E-state index in [9.17, 15) is 19.5 Å². The van der Waals surface area contributed by atoms with Gasteiger partial charge in [-0.15, -0.1) is 0 Å². The number of aliphatic hydroxyl groups is 1. The first-order chi connectivity index (χ1) is 15.4. The van der Waals surface area contributed by atoms with Crippen LogP contribution in [0, 0.1) is 17.8 Å². The minimum absolute atomic E-state index is 0.153. The summed E-state index contributed by atoms with van der Waals surface area (Å²) in [5, 5.41) is 11.2. The Morgan fingerprint density at radius 3 is 2.45 bits per heavy atom. The van der Waals surface area contributed by atoms with Gasteiger partial charge in [0, 0.05) is 17.9 Å². The molecule has 3 rings (SSSR count). The third-order valence-corrected chi connectivity index (χ3v) is 7.17. The van der Waals surface area contributed by atoms with Crippen molar-refractivity contribution < 1.29 is 38.4 Å². The molecule has 1 N–H and O–H groups in total. The van der Waals surface area contributed by atoms with Crippen LogP contribution in [0.15, 0.2) is 23.0 Å². The maximum Gasteiger partial charge on any atom is 0.343 e. The van der Waals surface area contributed by atoms with Crippen molar-refractivity contribution in [1.82, 2.24) is 0 Å². The average molecular weight is 465 g/mol. The van der Waals surface area contributed by atoms with Crippen LogP contribution in [-0.4, -0.2) is 47.1 Å². The summed E-state index contributed by atoms with van der Waals surface area (Å²) in [6, 6.07) is 0. The lowest BCUT2D eigenvalue weighted by Crippen LogP contribution is -2.40. The van der Waals surface area contributed by atoms with Gasteiger partial charge in [-0.2, -0.15) is 0 Å². The molecule has 0 spiro atoms. The van der Waals surface area contributed by atoms with E-state index in [0.29, 0.717) is 31.3 Å². The largest absolute Gasteiger partial charge is 0.460 e. The number of hydrogen-bond donors (Lipinski definition) is 1. The molecule has 0 aromatic heterocycles. The van der Waals surface area contributed by atoms with Crippen LogP contribution in [0.25, 0.3) is 0 Å². The molecule has 3 aliphatic heterocycles. The Labute approximate surface area is 195 Å². The van der Waals surface area contributed by atoms with E-state index in [1.807, 2.05) is 27.7 Å². The smallest absolute Gasteiger partial charge is 0.343 e. The normalized spacial score (nSPS) is 34.8. The maximum absolute atomic E-state index is 12.8. The fraction of sp³-hybridized carbons (Fsp3) is 0.720. The van der Waals surface area contributed by atoms with Gasteiger partial charge in [-0.25, -0.2) is 4.79 Å². The second kappa shape index (κ2) is 9.58. The Kier molecular flexibility index (Phi) is 7.39. The molecule has 1 saturated heterocycles. The van der Waals surface area contributed by atoms with Gasteiger partial charge in [0.1, 0.15) is 18.5 Å². The maximum atomic E-state index is 12.8. The minimum atomic E-state index is -1.39. The van der Waals surface area contributed by atoms with Crippen LogP contribution < -0.4 is 0 Å². The van der Waals surface area contributed by atoms with Crippen LogP contribution in [-0.2, 0) is 33.3 Å². The molecule has 0 aliphatic carbocycles. The van der Waals surface area contributed by atoms with Crippen molar-refractivity contribution in [3.63, 3.8) is 0 Å².